The number of rotatable bonds is 9. The molecule has 1 saturated carbocycles. The van der Waals surface area contributed by atoms with Gasteiger partial charge in [0.1, 0.15) is 0 Å². The minimum absolute atomic E-state index is 0.104. The van der Waals surface area contributed by atoms with Gasteiger partial charge in [-0.3, -0.25) is 4.72 Å². The predicted octanol–water partition coefficient (Wildman–Crippen LogP) is 5.15. The SMILES string of the molecule is COC(=O)N[C@@H](C)CNc1nccc(-c2sc(C(C)(C)C)nc2-c2cccc(NS(=O)(=O)C3CCC3)c2F)n1. The third-order valence-corrected chi connectivity index (χ3v) is 9.63. The molecule has 1 aromatic carbocycles. The van der Waals surface area contributed by atoms with Crippen molar-refractivity contribution in [1.82, 2.24) is 20.3 Å². The van der Waals surface area contributed by atoms with Crippen molar-refractivity contribution in [2.75, 3.05) is 23.7 Å². The maximum atomic E-state index is 15.8. The lowest BCUT2D eigenvalue weighted by Crippen LogP contribution is -2.37. The first kappa shape index (κ1) is 28.7. The van der Waals surface area contributed by atoms with E-state index in [4.69, 9.17) is 4.98 Å². The molecule has 1 fully saturated rings. The quantitative estimate of drug-likeness (QED) is 0.318. The molecule has 10 nitrogen and oxygen atoms in total. The van der Waals surface area contributed by atoms with Gasteiger partial charge in [-0.1, -0.05) is 33.3 Å². The summed E-state index contributed by atoms with van der Waals surface area (Å²) in [4.78, 5) is 25.7. The summed E-state index contributed by atoms with van der Waals surface area (Å²) in [5.41, 5.74) is 0.657. The van der Waals surface area contributed by atoms with Crippen molar-refractivity contribution in [3.63, 3.8) is 0 Å². The maximum Gasteiger partial charge on any atom is 0.407 e. The lowest BCUT2D eigenvalue weighted by molar-refractivity contribution is 0.168. The van der Waals surface area contributed by atoms with Crippen LogP contribution in [0, 0.1) is 5.82 Å². The molecule has 2 heterocycles. The Balaban J connectivity index is 1.69. The number of carbonyl (C=O) groups excluding carboxylic acids is 1. The molecular formula is C26H33FN6O4S2. The molecule has 1 aliphatic carbocycles. The molecule has 4 rings (SSSR count). The number of sulfonamides is 1. The second kappa shape index (κ2) is 11.4. The highest BCUT2D eigenvalue weighted by atomic mass is 32.2. The number of benzene rings is 1. The van der Waals surface area contributed by atoms with E-state index in [1.807, 2.05) is 20.8 Å². The van der Waals surface area contributed by atoms with E-state index < -0.39 is 27.2 Å². The second-order valence-electron chi connectivity index (χ2n) is 10.5. The molecule has 0 radical (unpaired) electrons. The molecule has 1 amide bonds. The molecular weight excluding hydrogens is 543 g/mol. The van der Waals surface area contributed by atoms with Crippen LogP contribution in [-0.4, -0.2) is 54.4 Å². The van der Waals surface area contributed by atoms with Gasteiger partial charge < -0.3 is 15.4 Å². The smallest absolute Gasteiger partial charge is 0.407 e. The topological polar surface area (TPSA) is 135 Å². The van der Waals surface area contributed by atoms with Crippen LogP contribution in [0.5, 0.6) is 0 Å². The van der Waals surface area contributed by atoms with Gasteiger partial charge in [0.15, 0.2) is 5.82 Å². The molecule has 3 aromatic rings. The fourth-order valence-corrected chi connectivity index (χ4v) is 6.53. The van der Waals surface area contributed by atoms with Crippen molar-refractivity contribution in [2.24, 2.45) is 0 Å². The number of alkyl carbamates (subject to hydrolysis) is 1. The number of hydrogen-bond acceptors (Lipinski definition) is 9. The van der Waals surface area contributed by atoms with Crippen LogP contribution in [0.3, 0.4) is 0 Å². The van der Waals surface area contributed by atoms with Crippen LogP contribution in [0.2, 0.25) is 0 Å². The van der Waals surface area contributed by atoms with Crippen molar-refractivity contribution in [1.29, 1.82) is 0 Å². The van der Waals surface area contributed by atoms with Crippen LogP contribution in [0.15, 0.2) is 30.5 Å². The first-order chi connectivity index (χ1) is 18.4. The Morgan fingerprint density at radius 1 is 1.23 bits per heavy atom. The Bertz CT molecular complexity index is 1450. The zero-order chi connectivity index (χ0) is 28.4. The Kier molecular flexibility index (Phi) is 8.40. The normalized spacial score (nSPS) is 14.8. The number of halogens is 1. The molecule has 39 heavy (non-hydrogen) atoms. The van der Waals surface area contributed by atoms with Crippen molar-refractivity contribution >= 4 is 39.1 Å². The molecule has 1 aliphatic rings. The van der Waals surface area contributed by atoms with Crippen molar-refractivity contribution in [3.05, 3.63) is 41.3 Å². The Morgan fingerprint density at radius 2 is 1.97 bits per heavy atom. The molecule has 0 unspecified atom stereocenters. The van der Waals surface area contributed by atoms with E-state index in [0.717, 1.165) is 11.4 Å². The number of aromatic nitrogens is 3. The zero-order valence-corrected chi connectivity index (χ0v) is 24.2. The minimum Gasteiger partial charge on any atom is -0.453 e. The van der Waals surface area contributed by atoms with E-state index in [1.54, 1.807) is 31.3 Å². The molecule has 2 aromatic heterocycles. The fourth-order valence-electron chi connectivity index (χ4n) is 3.83. The van der Waals surface area contributed by atoms with Crippen LogP contribution in [0.4, 0.5) is 20.8 Å². The predicted molar refractivity (Wildman–Crippen MR) is 151 cm³/mol. The van der Waals surface area contributed by atoms with Crippen LogP contribution in [0.1, 0.15) is 52.0 Å². The first-order valence-corrected chi connectivity index (χ1v) is 15.0. The average molecular weight is 577 g/mol. The number of methoxy groups -OCH3 is 1. The van der Waals surface area contributed by atoms with Crippen LogP contribution in [0.25, 0.3) is 21.8 Å². The van der Waals surface area contributed by atoms with Gasteiger partial charge in [-0.25, -0.2) is 32.6 Å². The molecule has 0 spiro atoms. The molecule has 3 N–H and O–H groups in total. The summed E-state index contributed by atoms with van der Waals surface area (Å²) in [7, 11) is -2.38. The third kappa shape index (κ3) is 6.64. The monoisotopic (exact) mass is 576 g/mol. The summed E-state index contributed by atoms with van der Waals surface area (Å²) in [5, 5.41) is 6.02. The molecule has 0 saturated heterocycles. The van der Waals surface area contributed by atoms with Crippen LogP contribution in [-0.2, 0) is 20.2 Å². The second-order valence-corrected chi connectivity index (χ2v) is 13.5. The Labute approximate surface area is 231 Å². The highest BCUT2D eigenvalue weighted by Gasteiger charge is 2.32. The highest BCUT2D eigenvalue weighted by molar-refractivity contribution is 7.93. The van der Waals surface area contributed by atoms with Crippen molar-refractivity contribution in [2.45, 2.75) is 63.7 Å². The highest BCUT2D eigenvalue weighted by Crippen LogP contribution is 2.42. The first-order valence-electron chi connectivity index (χ1n) is 12.6. The molecule has 0 aliphatic heterocycles. The van der Waals surface area contributed by atoms with Crippen LogP contribution >= 0.6 is 11.3 Å². The van der Waals surface area contributed by atoms with Gasteiger partial charge in [0.05, 0.1) is 39.3 Å². The summed E-state index contributed by atoms with van der Waals surface area (Å²) >= 11 is 1.40. The summed E-state index contributed by atoms with van der Waals surface area (Å²) in [5.74, 6) is -0.368. The molecule has 13 heteroatoms. The number of hydrogen-bond donors (Lipinski definition) is 3. The number of thiazole rings is 1. The standard InChI is InChI=1S/C26H33FN6O4S2/c1-15(30-25(34)37-5)14-29-24-28-13-12-19(31-24)22-21(32-23(38-22)26(2,3)4)17-10-7-11-18(20(17)27)33-39(35,36)16-8-6-9-16/h7,10-13,15-16,33H,6,8-9,14H2,1-5H3,(H,30,34)(H,28,29,31)/t15-/m0/s1. The lowest BCUT2D eigenvalue weighted by Gasteiger charge is -2.25. The Morgan fingerprint density at radius 3 is 2.62 bits per heavy atom. The minimum atomic E-state index is -3.68. The van der Waals surface area contributed by atoms with Gasteiger partial charge >= 0.3 is 6.09 Å². The summed E-state index contributed by atoms with van der Waals surface area (Å²) in [6.45, 7) is 8.20. The number of amides is 1. The lowest BCUT2D eigenvalue weighted by atomic mass is 9.98. The van der Waals surface area contributed by atoms with E-state index in [2.05, 4.69) is 30.1 Å². The van der Waals surface area contributed by atoms with E-state index in [0.29, 0.717) is 41.6 Å². The number of ether oxygens (including phenoxy) is 1. The van der Waals surface area contributed by atoms with E-state index in [9.17, 15) is 13.2 Å². The molecule has 0 bridgehead atoms. The number of nitrogens with zero attached hydrogens (tertiary/aromatic N) is 3. The summed E-state index contributed by atoms with van der Waals surface area (Å²) in [6.07, 6.45) is 3.04. The van der Waals surface area contributed by atoms with Gasteiger partial charge in [0, 0.05) is 29.8 Å². The Hall–Kier alpha value is -3.32. The third-order valence-electron chi connectivity index (χ3n) is 6.27. The van der Waals surface area contributed by atoms with Gasteiger partial charge in [0.25, 0.3) is 0 Å². The summed E-state index contributed by atoms with van der Waals surface area (Å²) in [6, 6.07) is 6.08. The van der Waals surface area contributed by atoms with Gasteiger partial charge in [-0.2, -0.15) is 0 Å². The van der Waals surface area contributed by atoms with Crippen LogP contribution < -0.4 is 15.4 Å². The van der Waals surface area contributed by atoms with E-state index in [1.165, 1.54) is 24.5 Å². The maximum absolute atomic E-state index is 15.8. The molecule has 210 valence electrons. The summed E-state index contributed by atoms with van der Waals surface area (Å²) < 4.78 is 48.3. The largest absolute Gasteiger partial charge is 0.453 e. The van der Waals surface area contributed by atoms with E-state index >= 15 is 4.39 Å². The number of carbonyl (C=O) groups is 1. The van der Waals surface area contributed by atoms with Gasteiger partial charge in [-0.05, 0) is 38.0 Å². The fraction of sp³-hybridized carbons (Fsp3) is 0.462. The zero-order valence-electron chi connectivity index (χ0n) is 22.5. The van der Waals surface area contributed by atoms with Gasteiger partial charge in [0.2, 0.25) is 16.0 Å². The van der Waals surface area contributed by atoms with Gasteiger partial charge in [-0.15, -0.1) is 11.3 Å². The molecule has 1 atom stereocenters. The van der Waals surface area contributed by atoms with E-state index in [-0.39, 0.29) is 22.7 Å². The number of anilines is 2. The van der Waals surface area contributed by atoms with Crippen molar-refractivity contribution in [3.8, 4) is 21.8 Å². The van der Waals surface area contributed by atoms with Crippen molar-refractivity contribution < 1.29 is 22.3 Å². The number of nitrogens with one attached hydrogen (secondary N) is 3. The average Bonchev–Trinajstić information content (AvgIpc) is 3.28.